The number of nitrogens with two attached hydrogens (primary N) is 1. The van der Waals surface area contributed by atoms with Crippen LogP contribution < -0.4 is 11.1 Å². The minimum Gasteiger partial charge on any atom is -0.448 e. The van der Waals surface area contributed by atoms with E-state index in [1.165, 1.54) is 5.56 Å². The Kier molecular flexibility index (Phi) is 3.98. The van der Waals surface area contributed by atoms with Crippen LogP contribution in [0.25, 0.3) is 0 Å². The Hall–Kier alpha value is -1.55. The molecule has 4 heteroatoms. The highest BCUT2D eigenvalue weighted by atomic mass is 16.5. The van der Waals surface area contributed by atoms with E-state index in [1.54, 1.807) is 0 Å². The summed E-state index contributed by atoms with van der Waals surface area (Å²) in [5.74, 6) is 0.672. The zero-order valence-corrected chi connectivity index (χ0v) is 9.76. The molecule has 92 valence electrons. The van der Waals surface area contributed by atoms with Gasteiger partial charge in [0.25, 0.3) is 0 Å². The van der Waals surface area contributed by atoms with Gasteiger partial charge < -0.3 is 15.8 Å². The van der Waals surface area contributed by atoms with E-state index in [0.29, 0.717) is 25.1 Å². The summed E-state index contributed by atoms with van der Waals surface area (Å²) in [4.78, 5) is 10.3. The second-order valence-corrected chi connectivity index (χ2v) is 4.40. The molecule has 2 rings (SSSR count). The lowest BCUT2D eigenvalue weighted by atomic mass is 9.76. The molecule has 1 aromatic carbocycles. The maximum atomic E-state index is 10.3. The number of hydrogen-bond donors (Lipinski definition) is 2. The second-order valence-electron chi connectivity index (χ2n) is 4.40. The van der Waals surface area contributed by atoms with Gasteiger partial charge in [0.05, 0.1) is 0 Å². The first-order valence-electron chi connectivity index (χ1n) is 5.96. The molecule has 4 nitrogen and oxygen atoms in total. The van der Waals surface area contributed by atoms with Crippen molar-refractivity contribution in [3.05, 3.63) is 35.9 Å². The van der Waals surface area contributed by atoms with Gasteiger partial charge in [-0.3, -0.25) is 0 Å². The first-order chi connectivity index (χ1) is 8.25. The molecular weight excluding hydrogens is 216 g/mol. The minimum absolute atomic E-state index is 0.349. The van der Waals surface area contributed by atoms with Gasteiger partial charge in [-0.25, -0.2) is 4.79 Å². The lowest BCUT2D eigenvalue weighted by molar-refractivity contribution is 0.152. The molecule has 0 aromatic heterocycles. The number of carbonyl (C=O) groups excluding carboxylic acids is 1. The van der Waals surface area contributed by atoms with E-state index in [9.17, 15) is 4.79 Å². The van der Waals surface area contributed by atoms with Gasteiger partial charge in [-0.05, 0) is 24.3 Å². The number of rotatable bonds is 5. The Morgan fingerprint density at radius 3 is 2.71 bits per heavy atom. The predicted octanol–water partition coefficient (Wildman–Crippen LogP) is 1.62. The summed E-state index contributed by atoms with van der Waals surface area (Å²) >= 11 is 0. The Morgan fingerprint density at radius 1 is 1.35 bits per heavy atom. The largest absolute Gasteiger partial charge is 0.448 e. The number of benzene rings is 1. The van der Waals surface area contributed by atoms with E-state index < -0.39 is 6.09 Å². The molecule has 0 aliphatic heterocycles. The Labute approximate surface area is 101 Å². The molecule has 1 amide bonds. The molecule has 0 heterocycles. The zero-order valence-electron chi connectivity index (χ0n) is 9.76. The van der Waals surface area contributed by atoms with Crippen molar-refractivity contribution in [3.8, 4) is 0 Å². The van der Waals surface area contributed by atoms with Crippen molar-refractivity contribution in [3.63, 3.8) is 0 Å². The molecule has 1 aliphatic rings. The van der Waals surface area contributed by atoms with Crippen molar-refractivity contribution >= 4 is 6.09 Å². The number of ether oxygens (including phenoxy) is 1. The van der Waals surface area contributed by atoms with Crippen molar-refractivity contribution < 1.29 is 9.53 Å². The highest BCUT2D eigenvalue weighted by Crippen LogP contribution is 2.36. The van der Waals surface area contributed by atoms with E-state index in [-0.39, 0.29) is 0 Å². The molecular formula is C13H18N2O2. The fourth-order valence-electron chi connectivity index (χ4n) is 2.20. The number of carbonyl (C=O) groups is 1. The molecule has 0 unspecified atom stereocenters. The third-order valence-electron chi connectivity index (χ3n) is 3.19. The normalized spacial score (nSPS) is 22.8. The maximum Gasteiger partial charge on any atom is 0.404 e. The van der Waals surface area contributed by atoms with Crippen LogP contribution in [0.2, 0.25) is 0 Å². The van der Waals surface area contributed by atoms with Crippen LogP contribution in [0.15, 0.2) is 30.3 Å². The van der Waals surface area contributed by atoms with Gasteiger partial charge in [0.15, 0.2) is 0 Å². The molecule has 17 heavy (non-hydrogen) atoms. The molecule has 1 aromatic rings. The first-order valence-corrected chi connectivity index (χ1v) is 5.96. The van der Waals surface area contributed by atoms with Crippen molar-refractivity contribution in [1.82, 2.24) is 5.32 Å². The summed E-state index contributed by atoms with van der Waals surface area (Å²) in [6.07, 6.45) is 1.60. The van der Waals surface area contributed by atoms with E-state index in [1.807, 2.05) is 6.07 Å². The number of nitrogens with one attached hydrogen (secondary N) is 1. The van der Waals surface area contributed by atoms with Crippen LogP contribution in [0, 0.1) is 0 Å². The third-order valence-corrected chi connectivity index (χ3v) is 3.19. The van der Waals surface area contributed by atoms with Crippen LogP contribution in [0.5, 0.6) is 0 Å². The summed E-state index contributed by atoms with van der Waals surface area (Å²) in [7, 11) is 0. The number of amides is 1. The molecule has 0 atom stereocenters. The van der Waals surface area contributed by atoms with Crippen molar-refractivity contribution in [2.45, 2.75) is 24.8 Å². The lowest BCUT2D eigenvalue weighted by Gasteiger charge is -2.36. The SMILES string of the molecule is NC(=O)OCCNC1CC(c2ccccc2)C1. The average molecular weight is 234 g/mol. The summed E-state index contributed by atoms with van der Waals surface area (Å²) < 4.78 is 4.65. The number of primary amides is 1. The van der Waals surface area contributed by atoms with Crippen LogP contribution in [0.1, 0.15) is 24.3 Å². The Morgan fingerprint density at radius 2 is 2.06 bits per heavy atom. The van der Waals surface area contributed by atoms with E-state index in [0.717, 1.165) is 12.8 Å². The predicted molar refractivity (Wildman–Crippen MR) is 65.7 cm³/mol. The quantitative estimate of drug-likeness (QED) is 0.761. The van der Waals surface area contributed by atoms with Gasteiger partial charge in [-0.1, -0.05) is 30.3 Å². The molecule has 0 spiro atoms. The van der Waals surface area contributed by atoms with Crippen molar-refractivity contribution in [2.75, 3.05) is 13.2 Å². The summed E-state index contributed by atoms with van der Waals surface area (Å²) in [5, 5.41) is 3.34. The van der Waals surface area contributed by atoms with Gasteiger partial charge in [0, 0.05) is 12.6 Å². The topological polar surface area (TPSA) is 64.4 Å². The smallest absolute Gasteiger partial charge is 0.404 e. The van der Waals surface area contributed by atoms with Gasteiger partial charge in [-0.2, -0.15) is 0 Å². The fraction of sp³-hybridized carbons (Fsp3) is 0.462. The van der Waals surface area contributed by atoms with Gasteiger partial charge in [0.1, 0.15) is 6.61 Å². The third kappa shape index (κ3) is 3.46. The van der Waals surface area contributed by atoms with Crippen LogP contribution in [0.4, 0.5) is 4.79 Å². The molecule has 0 saturated heterocycles. The molecule has 1 aliphatic carbocycles. The van der Waals surface area contributed by atoms with Gasteiger partial charge >= 0.3 is 6.09 Å². The fourth-order valence-corrected chi connectivity index (χ4v) is 2.20. The standard InChI is InChI=1S/C13H18N2O2/c14-13(16)17-7-6-15-12-8-11(9-12)10-4-2-1-3-5-10/h1-5,11-12,15H,6-9H2,(H2,14,16). The lowest BCUT2D eigenvalue weighted by Crippen LogP contribution is -2.41. The van der Waals surface area contributed by atoms with Crippen LogP contribution in [-0.2, 0) is 4.74 Å². The summed E-state index contributed by atoms with van der Waals surface area (Å²) in [5.41, 5.74) is 6.28. The molecule has 0 bridgehead atoms. The van der Waals surface area contributed by atoms with Crippen LogP contribution >= 0.6 is 0 Å². The van der Waals surface area contributed by atoms with Crippen molar-refractivity contribution in [1.29, 1.82) is 0 Å². The highest BCUT2D eigenvalue weighted by Gasteiger charge is 2.29. The maximum absolute atomic E-state index is 10.3. The van der Waals surface area contributed by atoms with E-state index in [2.05, 4.69) is 34.3 Å². The van der Waals surface area contributed by atoms with Crippen LogP contribution in [0.3, 0.4) is 0 Å². The van der Waals surface area contributed by atoms with Gasteiger partial charge in [-0.15, -0.1) is 0 Å². The average Bonchev–Trinajstić information content (AvgIpc) is 2.27. The Balaban J connectivity index is 1.61. The highest BCUT2D eigenvalue weighted by molar-refractivity contribution is 5.64. The molecule has 3 N–H and O–H groups in total. The summed E-state index contributed by atoms with van der Waals surface area (Å²) in [6, 6.07) is 11.1. The second kappa shape index (κ2) is 5.68. The monoisotopic (exact) mass is 234 g/mol. The zero-order chi connectivity index (χ0) is 12.1. The van der Waals surface area contributed by atoms with E-state index in [4.69, 9.17) is 5.73 Å². The van der Waals surface area contributed by atoms with Gasteiger partial charge in [0.2, 0.25) is 0 Å². The molecule has 1 saturated carbocycles. The minimum atomic E-state index is -0.706. The molecule has 0 radical (unpaired) electrons. The van der Waals surface area contributed by atoms with Crippen molar-refractivity contribution in [2.24, 2.45) is 5.73 Å². The number of hydrogen-bond acceptors (Lipinski definition) is 3. The van der Waals surface area contributed by atoms with Crippen LogP contribution in [-0.4, -0.2) is 25.3 Å². The summed E-state index contributed by atoms with van der Waals surface area (Å²) in [6.45, 7) is 1.02. The Bertz CT molecular complexity index is 361. The van der Waals surface area contributed by atoms with E-state index >= 15 is 0 Å². The first kappa shape index (κ1) is 11.9. The molecule has 1 fully saturated rings.